The van der Waals surface area contributed by atoms with Gasteiger partial charge >= 0.3 is 0 Å². The lowest BCUT2D eigenvalue weighted by Crippen LogP contribution is -2.26. The van der Waals surface area contributed by atoms with Crippen molar-refractivity contribution in [3.05, 3.63) is 21.3 Å². The first-order valence-corrected chi connectivity index (χ1v) is 6.48. The lowest BCUT2D eigenvalue weighted by molar-refractivity contribution is 0.0621. The van der Waals surface area contributed by atoms with Crippen molar-refractivity contribution < 1.29 is 4.74 Å². The lowest BCUT2D eigenvalue weighted by atomic mass is 10.2. The zero-order valence-electron chi connectivity index (χ0n) is 9.42. The van der Waals surface area contributed by atoms with Crippen LogP contribution in [-0.4, -0.2) is 19.3 Å². The predicted molar refractivity (Wildman–Crippen MR) is 66.8 cm³/mol. The molecule has 0 saturated heterocycles. The minimum atomic E-state index is 0.213. The van der Waals surface area contributed by atoms with Crippen LogP contribution in [-0.2, 0) is 4.74 Å². The number of halogens is 1. The van der Waals surface area contributed by atoms with Gasteiger partial charge in [0, 0.05) is 4.88 Å². The Bertz CT molecular complexity index is 288. The number of thiophene rings is 1. The molecule has 0 aliphatic heterocycles. The van der Waals surface area contributed by atoms with Gasteiger partial charge in [-0.25, -0.2) is 0 Å². The van der Waals surface area contributed by atoms with Gasteiger partial charge in [-0.1, -0.05) is 18.5 Å². The van der Waals surface area contributed by atoms with Crippen LogP contribution in [0.5, 0.6) is 0 Å². The normalized spacial score (nSPS) is 13.4. The van der Waals surface area contributed by atoms with Crippen LogP contribution in [0.2, 0.25) is 5.02 Å². The third kappa shape index (κ3) is 4.11. The second-order valence-electron chi connectivity index (χ2n) is 3.63. The van der Waals surface area contributed by atoms with Crippen LogP contribution in [0.4, 0.5) is 0 Å². The molecule has 4 heteroatoms. The maximum atomic E-state index is 6.10. The standard InChI is InChI=1S/C11H18ClNOS/c1-4-13-10(7-14-8(2)3)11-9(12)5-6-15-11/h5-6,8,10,13H,4,7H2,1-3H3. The molecule has 1 N–H and O–H groups in total. The van der Waals surface area contributed by atoms with E-state index < -0.39 is 0 Å². The molecule has 0 bridgehead atoms. The molecule has 1 heterocycles. The summed E-state index contributed by atoms with van der Waals surface area (Å²) in [6.45, 7) is 7.76. The van der Waals surface area contributed by atoms with Gasteiger partial charge in [-0.3, -0.25) is 0 Å². The molecule has 0 spiro atoms. The molecule has 1 aromatic rings. The van der Waals surface area contributed by atoms with Crippen molar-refractivity contribution in [3.63, 3.8) is 0 Å². The fraction of sp³-hybridized carbons (Fsp3) is 0.636. The second kappa shape index (κ2) is 6.48. The quantitative estimate of drug-likeness (QED) is 0.831. The summed E-state index contributed by atoms with van der Waals surface area (Å²) >= 11 is 7.78. The molecule has 0 radical (unpaired) electrons. The van der Waals surface area contributed by atoms with E-state index in [9.17, 15) is 0 Å². The Morgan fingerprint density at radius 1 is 1.53 bits per heavy atom. The fourth-order valence-corrected chi connectivity index (χ4v) is 2.57. The molecule has 0 fully saturated rings. The van der Waals surface area contributed by atoms with Crippen molar-refractivity contribution in [1.29, 1.82) is 0 Å². The fourth-order valence-electron chi connectivity index (χ4n) is 1.32. The van der Waals surface area contributed by atoms with E-state index in [0.29, 0.717) is 6.61 Å². The number of hydrogen-bond acceptors (Lipinski definition) is 3. The summed E-state index contributed by atoms with van der Waals surface area (Å²) < 4.78 is 5.62. The highest BCUT2D eigenvalue weighted by atomic mass is 35.5. The van der Waals surface area contributed by atoms with Crippen LogP contribution in [0, 0.1) is 0 Å². The summed E-state index contributed by atoms with van der Waals surface area (Å²) in [5.41, 5.74) is 0. The van der Waals surface area contributed by atoms with Gasteiger partial charge in [-0.05, 0) is 31.8 Å². The van der Waals surface area contributed by atoms with E-state index in [1.807, 2.05) is 25.3 Å². The molecule has 1 rings (SSSR count). The lowest BCUT2D eigenvalue weighted by Gasteiger charge is -2.18. The first-order chi connectivity index (χ1) is 7.15. The van der Waals surface area contributed by atoms with Crippen LogP contribution in [0.3, 0.4) is 0 Å². The Hall–Kier alpha value is -0.0900. The van der Waals surface area contributed by atoms with Gasteiger partial charge < -0.3 is 10.1 Å². The molecule has 0 saturated carbocycles. The van der Waals surface area contributed by atoms with E-state index in [4.69, 9.17) is 16.3 Å². The highest BCUT2D eigenvalue weighted by Gasteiger charge is 2.15. The summed E-state index contributed by atoms with van der Waals surface area (Å²) in [6, 6.07) is 2.14. The van der Waals surface area contributed by atoms with Gasteiger partial charge in [-0.15, -0.1) is 11.3 Å². The average Bonchev–Trinajstić information content (AvgIpc) is 2.59. The minimum Gasteiger partial charge on any atom is -0.377 e. The Morgan fingerprint density at radius 2 is 2.27 bits per heavy atom. The van der Waals surface area contributed by atoms with E-state index in [-0.39, 0.29) is 12.1 Å². The smallest absolute Gasteiger partial charge is 0.0673 e. The molecule has 1 atom stereocenters. The number of rotatable bonds is 6. The molecule has 15 heavy (non-hydrogen) atoms. The second-order valence-corrected chi connectivity index (χ2v) is 4.98. The van der Waals surface area contributed by atoms with Gasteiger partial charge in [0.05, 0.1) is 23.8 Å². The van der Waals surface area contributed by atoms with Crippen molar-refractivity contribution in [2.24, 2.45) is 0 Å². The van der Waals surface area contributed by atoms with E-state index in [2.05, 4.69) is 12.2 Å². The van der Waals surface area contributed by atoms with Gasteiger partial charge in [0.2, 0.25) is 0 Å². The third-order valence-electron chi connectivity index (χ3n) is 2.01. The highest BCUT2D eigenvalue weighted by Crippen LogP contribution is 2.28. The number of likely N-dealkylation sites (N-methyl/N-ethyl adjacent to an activating group) is 1. The van der Waals surface area contributed by atoms with Crippen molar-refractivity contribution in [2.45, 2.75) is 32.9 Å². The molecule has 2 nitrogen and oxygen atoms in total. The Morgan fingerprint density at radius 3 is 2.73 bits per heavy atom. The van der Waals surface area contributed by atoms with E-state index in [1.54, 1.807) is 11.3 Å². The van der Waals surface area contributed by atoms with Crippen LogP contribution in [0.25, 0.3) is 0 Å². The number of nitrogens with one attached hydrogen (secondary N) is 1. The minimum absolute atomic E-state index is 0.213. The first-order valence-electron chi connectivity index (χ1n) is 5.23. The monoisotopic (exact) mass is 247 g/mol. The van der Waals surface area contributed by atoms with Crippen molar-refractivity contribution in [2.75, 3.05) is 13.2 Å². The Balaban J connectivity index is 2.61. The molecule has 0 aromatic carbocycles. The van der Waals surface area contributed by atoms with Crippen LogP contribution >= 0.6 is 22.9 Å². The van der Waals surface area contributed by atoms with Gasteiger partial charge in [0.25, 0.3) is 0 Å². The molecule has 1 unspecified atom stereocenters. The topological polar surface area (TPSA) is 21.3 Å². The average molecular weight is 248 g/mol. The maximum Gasteiger partial charge on any atom is 0.0673 e. The molecule has 0 amide bonds. The summed E-state index contributed by atoms with van der Waals surface area (Å²) in [5.74, 6) is 0. The summed E-state index contributed by atoms with van der Waals surface area (Å²) in [6.07, 6.45) is 0.255. The Labute approximate surface area is 101 Å². The van der Waals surface area contributed by atoms with E-state index in [1.165, 1.54) is 4.88 Å². The van der Waals surface area contributed by atoms with Crippen LogP contribution < -0.4 is 5.32 Å². The molecule has 86 valence electrons. The number of hydrogen-bond donors (Lipinski definition) is 1. The summed E-state index contributed by atoms with van der Waals surface area (Å²) in [4.78, 5) is 1.17. The predicted octanol–water partition coefficient (Wildman–Crippen LogP) is 3.48. The molecular formula is C11H18ClNOS. The summed E-state index contributed by atoms with van der Waals surface area (Å²) in [5, 5.41) is 6.23. The number of ether oxygens (including phenoxy) is 1. The SMILES string of the molecule is CCNC(COC(C)C)c1sccc1Cl. The Kier molecular flexibility index (Phi) is 5.61. The first kappa shape index (κ1) is 13.0. The zero-order chi connectivity index (χ0) is 11.3. The third-order valence-corrected chi connectivity index (χ3v) is 3.48. The molecule has 0 aliphatic rings. The van der Waals surface area contributed by atoms with Crippen LogP contribution in [0.15, 0.2) is 11.4 Å². The zero-order valence-corrected chi connectivity index (χ0v) is 11.0. The van der Waals surface area contributed by atoms with Crippen molar-refractivity contribution in [1.82, 2.24) is 5.32 Å². The van der Waals surface area contributed by atoms with Gasteiger partial charge in [-0.2, -0.15) is 0 Å². The van der Waals surface area contributed by atoms with E-state index in [0.717, 1.165) is 11.6 Å². The summed E-state index contributed by atoms with van der Waals surface area (Å²) in [7, 11) is 0. The molecule has 1 aromatic heterocycles. The van der Waals surface area contributed by atoms with Crippen molar-refractivity contribution >= 4 is 22.9 Å². The maximum absolute atomic E-state index is 6.10. The van der Waals surface area contributed by atoms with Crippen LogP contribution in [0.1, 0.15) is 31.7 Å². The van der Waals surface area contributed by atoms with Crippen molar-refractivity contribution in [3.8, 4) is 0 Å². The highest BCUT2D eigenvalue weighted by molar-refractivity contribution is 7.10. The molecular weight excluding hydrogens is 230 g/mol. The molecule has 0 aliphatic carbocycles. The van der Waals surface area contributed by atoms with Gasteiger partial charge in [0.15, 0.2) is 0 Å². The van der Waals surface area contributed by atoms with E-state index >= 15 is 0 Å². The largest absolute Gasteiger partial charge is 0.377 e. The van der Waals surface area contributed by atoms with Gasteiger partial charge in [0.1, 0.15) is 0 Å².